The van der Waals surface area contributed by atoms with E-state index in [0.29, 0.717) is 5.56 Å². The van der Waals surface area contributed by atoms with E-state index in [1.165, 1.54) is 12.1 Å². The second kappa shape index (κ2) is 8.32. The highest BCUT2D eigenvalue weighted by molar-refractivity contribution is 5.95. The van der Waals surface area contributed by atoms with Crippen LogP contribution in [0.25, 0.3) is 0 Å². The Morgan fingerprint density at radius 1 is 1.29 bits per heavy atom. The molecule has 5 nitrogen and oxygen atoms in total. The van der Waals surface area contributed by atoms with Crippen molar-refractivity contribution in [3.05, 3.63) is 35.1 Å². The van der Waals surface area contributed by atoms with Crippen molar-refractivity contribution in [3.63, 3.8) is 0 Å². The Balaban J connectivity index is 3.09. The number of benzene rings is 1. The summed E-state index contributed by atoms with van der Waals surface area (Å²) >= 11 is 0. The Labute approximate surface area is 121 Å². The van der Waals surface area contributed by atoms with Crippen LogP contribution in [0.5, 0.6) is 0 Å². The minimum absolute atomic E-state index is 0.0852. The zero-order valence-corrected chi connectivity index (χ0v) is 11.1. The van der Waals surface area contributed by atoms with E-state index in [1.807, 2.05) is 0 Å². The number of carbonyl (C=O) groups is 1. The number of nitrogens with zero attached hydrogens (tertiary/aromatic N) is 3. The van der Waals surface area contributed by atoms with Crippen LogP contribution in [0.15, 0.2) is 18.2 Å². The first-order valence-corrected chi connectivity index (χ1v) is 6.06. The highest BCUT2D eigenvalue weighted by Gasteiger charge is 2.19. The molecule has 1 amide bonds. The standard InChI is InChI=1S/C15H12FN3O2/c16-14-5-4-12(3-1-2-10-20)11-13(14)15(21)19(8-6-17)9-7-18/h4-5,11,20H,2,8-10H2. The summed E-state index contributed by atoms with van der Waals surface area (Å²) in [4.78, 5) is 13.1. The summed E-state index contributed by atoms with van der Waals surface area (Å²) in [5, 5.41) is 25.9. The third kappa shape index (κ3) is 4.62. The summed E-state index contributed by atoms with van der Waals surface area (Å²) in [5.74, 6) is 3.88. The number of hydrogen-bond acceptors (Lipinski definition) is 4. The van der Waals surface area contributed by atoms with Crippen LogP contribution < -0.4 is 0 Å². The van der Waals surface area contributed by atoms with Gasteiger partial charge in [-0.15, -0.1) is 0 Å². The van der Waals surface area contributed by atoms with Crippen molar-refractivity contribution in [2.45, 2.75) is 6.42 Å². The van der Waals surface area contributed by atoms with Crippen LogP contribution in [0.1, 0.15) is 22.3 Å². The molecule has 0 aliphatic carbocycles. The van der Waals surface area contributed by atoms with Crippen molar-refractivity contribution in [2.24, 2.45) is 0 Å². The lowest BCUT2D eigenvalue weighted by atomic mass is 10.1. The normalized spacial score (nSPS) is 8.95. The molecule has 0 aromatic heterocycles. The van der Waals surface area contributed by atoms with E-state index in [9.17, 15) is 9.18 Å². The molecule has 106 valence electrons. The molecule has 1 N–H and O–H groups in total. The van der Waals surface area contributed by atoms with Gasteiger partial charge in [-0.05, 0) is 18.2 Å². The third-order valence-corrected chi connectivity index (χ3v) is 2.48. The number of carbonyl (C=O) groups excluding carboxylic acids is 1. The molecular weight excluding hydrogens is 273 g/mol. The highest BCUT2D eigenvalue weighted by Crippen LogP contribution is 2.13. The van der Waals surface area contributed by atoms with Gasteiger partial charge in [0.25, 0.3) is 5.91 Å². The SMILES string of the molecule is N#CCN(CC#N)C(=O)c1cc(C#CCCO)ccc1F. The van der Waals surface area contributed by atoms with E-state index >= 15 is 0 Å². The van der Waals surface area contributed by atoms with Gasteiger partial charge in [-0.3, -0.25) is 4.79 Å². The molecule has 1 rings (SSSR count). The van der Waals surface area contributed by atoms with Gasteiger partial charge < -0.3 is 10.0 Å². The number of rotatable bonds is 4. The van der Waals surface area contributed by atoms with Crippen molar-refractivity contribution in [1.82, 2.24) is 4.90 Å². The van der Waals surface area contributed by atoms with Gasteiger partial charge in [0.05, 0.1) is 24.3 Å². The van der Waals surface area contributed by atoms with E-state index < -0.39 is 11.7 Å². The van der Waals surface area contributed by atoms with Crippen molar-refractivity contribution in [1.29, 1.82) is 10.5 Å². The molecule has 0 fully saturated rings. The number of nitriles is 2. The molecule has 1 aromatic rings. The Morgan fingerprint density at radius 2 is 1.95 bits per heavy atom. The fourth-order valence-electron chi connectivity index (χ4n) is 1.53. The molecule has 21 heavy (non-hydrogen) atoms. The maximum absolute atomic E-state index is 13.7. The first kappa shape index (κ1) is 16.2. The summed E-state index contributed by atoms with van der Waals surface area (Å²) in [6.45, 7) is -0.684. The van der Waals surface area contributed by atoms with Crippen molar-refractivity contribution < 1.29 is 14.3 Å². The van der Waals surface area contributed by atoms with Gasteiger partial charge in [-0.25, -0.2) is 4.39 Å². The summed E-state index contributed by atoms with van der Waals surface area (Å²) in [5.41, 5.74) is 0.179. The number of halogens is 1. The van der Waals surface area contributed by atoms with E-state index in [-0.39, 0.29) is 31.7 Å². The third-order valence-electron chi connectivity index (χ3n) is 2.48. The van der Waals surface area contributed by atoms with Crippen LogP contribution in [0, 0.1) is 40.3 Å². The molecule has 0 spiro atoms. The largest absolute Gasteiger partial charge is 0.395 e. The van der Waals surface area contributed by atoms with Crippen LogP contribution >= 0.6 is 0 Å². The summed E-state index contributed by atoms with van der Waals surface area (Å²) in [6, 6.07) is 7.29. The van der Waals surface area contributed by atoms with Crippen molar-refractivity contribution in [3.8, 4) is 24.0 Å². The van der Waals surface area contributed by atoms with Gasteiger partial charge in [0.2, 0.25) is 0 Å². The molecule has 0 aliphatic rings. The predicted octanol–water partition coefficient (Wildman–Crippen LogP) is 1.05. The van der Waals surface area contributed by atoms with Gasteiger partial charge in [0.15, 0.2) is 0 Å². The van der Waals surface area contributed by atoms with Crippen LogP contribution in [-0.4, -0.2) is 35.6 Å². The Kier molecular flexibility index (Phi) is 6.41. The fraction of sp³-hybridized carbons (Fsp3) is 0.267. The Morgan fingerprint density at radius 3 is 2.52 bits per heavy atom. The van der Waals surface area contributed by atoms with Crippen molar-refractivity contribution >= 4 is 5.91 Å². The number of aliphatic hydroxyl groups excluding tert-OH is 1. The molecule has 0 atom stereocenters. The van der Waals surface area contributed by atoms with Crippen LogP contribution in [0.4, 0.5) is 4.39 Å². The number of hydrogen-bond donors (Lipinski definition) is 1. The number of aliphatic hydroxyl groups is 1. The average molecular weight is 285 g/mol. The van der Waals surface area contributed by atoms with E-state index in [0.717, 1.165) is 11.0 Å². The van der Waals surface area contributed by atoms with Gasteiger partial charge in [-0.1, -0.05) is 11.8 Å². The summed E-state index contributed by atoms with van der Waals surface area (Å²) in [6.07, 6.45) is 0.273. The van der Waals surface area contributed by atoms with Gasteiger partial charge in [0.1, 0.15) is 18.9 Å². The summed E-state index contributed by atoms with van der Waals surface area (Å²) < 4.78 is 13.7. The van der Waals surface area contributed by atoms with Crippen molar-refractivity contribution in [2.75, 3.05) is 19.7 Å². The smallest absolute Gasteiger partial charge is 0.258 e. The Hall–Kier alpha value is -2.88. The van der Waals surface area contributed by atoms with E-state index in [2.05, 4.69) is 11.8 Å². The molecule has 1 aromatic carbocycles. The lowest BCUT2D eigenvalue weighted by molar-refractivity contribution is 0.0790. The van der Waals surface area contributed by atoms with Crippen LogP contribution in [0.2, 0.25) is 0 Å². The second-order valence-electron chi connectivity index (χ2n) is 3.95. The van der Waals surface area contributed by atoms with Crippen LogP contribution in [-0.2, 0) is 0 Å². The minimum atomic E-state index is -0.742. The fourth-order valence-corrected chi connectivity index (χ4v) is 1.53. The topological polar surface area (TPSA) is 88.1 Å². The highest BCUT2D eigenvalue weighted by atomic mass is 19.1. The lowest BCUT2D eigenvalue weighted by Crippen LogP contribution is -2.32. The zero-order valence-electron chi connectivity index (χ0n) is 11.1. The maximum atomic E-state index is 13.7. The minimum Gasteiger partial charge on any atom is -0.395 e. The maximum Gasteiger partial charge on any atom is 0.258 e. The molecule has 0 aliphatic heterocycles. The Bertz CT molecular complexity index is 646. The van der Waals surface area contributed by atoms with E-state index in [1.54, 1.807) is 12.1 Å². The predicted molar refractivity (Wildman–Crippen MR) is 72.1 cm³/mol. The van der Waals surface area contributed by atoms with Crippen LogP contribution in [0.3, 0.4) is 0 Å². The summed E-state index contributed by atoms with van der Waals surface area (Å²) in [7, 11) is 0. The zero-order chi connectivity index (χ0) is 15.7. The molecule has 0 bridgehead atoms. The van der Waals surface area contributed by atoms with Gasteiger partial charge in [-0.2, -0.15) is 10.5 Å². The first-order chi connectivity index (χ1) is 10.1. The quantitative estimate of drug-likeness (QED) is 0.661. The molecule has 0 saturated heterocycles. The molecule has 0 radical (unpaired) electrons. The number of amides is 1. The van der Waals surface area contributed by atoms with E-state index in [4.69, 9.17) is 15.6 Å². The second-order valence-corrected chi connectivity index (χ2v) is 3.95. The average Bonchev–Trinajstić information content (AvgIpc) is 2.48. The first-order valence-electron chi connectivity index (χ1n) is 6.06. The van der Waals surface area contributed by atoms with Gasteiger partial charge in [0, 0.05) is 12.0 Å². The molecular formula is C15H12FN3O2. The monoisotopic (exact) mass is 285 g/mol. The molecule has 0 saturated carbocycles. The molecule has 6 heteroatoms. The van der Waals surface area contributed by atoms with Gasteiger partial charge >= 0.3 is 0 Å². The molecule has 0 unspecified atom stereocenters. The lowest BCUT2D eigenvalue weighted by Gasteiger charge is -2.16. The molecule has 0 heterocycles.